The first-order chi connectivity index (χ1) is 17.5. The van der Waals surface area contributed by atoms with E-state index in [0.717, 1.165) is 16.9 Å². The van der Waals surface area contributed by atoms with Crippen molar-refractivity contribution in [2.75, 3.05) is 36.8 Å². The average molecular weight is 505 g/mol. The zero-order valence-corrected chi connectivity index (χ0v) is 20.6. The van der Waals surface area contributed by atoms with Crippen molar-refractivity contribution in [1.29, 1.82) is 0 Å². The molecule has 184 valence electrons. The molecule has 0 bridgehead atoms. The summed E-state index contributed by atoms with van der Waals surface area (Å²) in [5.41, 5.74) is 3.27. The maximum absolute atomic E-state index is 13.4. The van der Waals surface area contributed by atoms with Gasteiger partial charge in [-0.25, -0.2) is 14.1 Å². The molecule has 0 radical (unpaired) electrons. The number of anilines is 1. The number of benzene rings is 2. The molecule has 0 N–H and O–H groups in total. The van der Waals surface area contributed by atoms with Crippen molar-refractivity contribution in [3.05, 3.63) is 76.5 Å². The molecule has 1 atom stereocenters. The van der Waals surface area contributed by atoms with Gasteiger partial charge < -0.3 is 9.80 Å². The molecule has 0 aliphatic carbocycles. The van der Waals surface area contributed by atoms with Crippen LogP contribution in [0, 0.1) is 12.7 Å². The maximum atomic E-state index is 13.4. The van der Waals surface area contributed by atoms with Crippen LogP contribution < -0.4 is 10.5 Å². The topological polar surface area (TPSA) is 76.3 Å². The number of halogens is 1. The van der Waals surface area contributed by atoms with Gasteiger partial charge >= 0.3 is 0 Å². The van der Waals surface area contributed by atoms with Crippen LogP contribution in [0.1, 0.15) is 18.0 Å². The van der Waals surface area contributed by atoms with Gasteiger partial charge in [0.05, 0.1) is 17.9 Å². The van der Waals surface area contributed by atoms with Crippen LogP contribution in [0.4, 0.5) is 10.1 Å². The molecular weight excluding hydrogens is 479 g/mol. The van der Waals surface area contributed by atoms with E-state index in [4.69, 9.17) is 4.98 Å². The number of carbonyl (C=O) groups is 1. The smallest absolute Gasteiger partial charge is 0.265 e. The van der Waals surface area contributed by atoms with Gasteiger partial charge in [-0.3, -0.25) is 14.2 Å². The number of piperazine rings is 1. The third-order valence-corrected chi connectivity index (χ3v) is 8.05. The number of aryl methyl sites for hydroxylation is 1. The number of aromatic nitrogens is 4. The number of carbonyl (C=O) groups excluding carboxylic acids is 1. The highest BCUT2D eigenvalue weighted by molar-refractivity contribution is 7.99. The van der Waals surface area contributed by atoms with Gasteiger partial charge in [0.25, 0.3) is 5.56 Å². The largest absolute Gasteiger partial charge is 0.368 e. The van der Waals surface area contributed by atoms with Gasteiger partial charge in [0, 0.05) is 44.0 Å². The van der Waals surface area contributed by atoms with Crippen molar-refractivity contribution >= 4 is 34.4 Å². The Kier molecular flexibility index (Phi) is 5.75. The molecule has 1 saturated heterocycles. The molecule has 1 fully saturated rings. The Morgan fingerprint density at radius 3 is 2.58 bits per heavy atom. The van der Waals surface area contributed by atoms with Gasteiger partial charge in [-0.2, -0.15) is 5.10 Å². The molecule has 0 spiro atoms. The lowest BCUT2D eigenvalue weighted by molar-refractivity contribution is -0.132. The second-order valence-corrected chi connectivity index (χ2v) is 10.2. The van der Waals surface area contributed by atoms with E-state index in [2.05, 4.69) is 10.00 Å². The third-order valence-electron chi connectivity index (χ3n) is 6.95. The summed E-state index contributed by atoms with van der Waals surface area (Å²) in [4.78, 5) is 35.4. The van der Waals surface area contributed by atoms with Gasteiger partial charge in [0.15, 0.2) is 10.8 Å². The molecule has 4 heterocycles. The monoisotopic (exact) mass is 504 g/mol. The van der Waals surface area contributed by atoms with Gasteiger partial charge in [-0.05, 0) is 42.8 Å². The zero-order valence-electron chi connectivity index (χ0n) is 19.8. The predicted octanol–water partition coefficient (Wildman–Crippen LogP) is 3.42. The lowest BCUT2D eigenvalue weighted by atomic mass is 10.1. The Bertz CT molecular complexity index is 1510. The Balaban J connectivity index is 1.19. The molecule has 2 aromatic heterocycles. The fraction of sp³-hybridized carbons (Fsp3) is 0.308. The standard InChI is InChI=1S/C26H25FN6O2S/c1-17-4-2-3-5-22(17)33-24-21(15-28-33)25(35)32-20(16-36-26(32)29-24)14-23(34)31-12-10-30(11-13-31)19-8-6-18(27)7-9-19/h2-9,15,20H,10-14,16H2,1H3. The molecule has 1 unspecified atom stereocenters. The average Bonchev–Trinajstić information content (AvgIpc) is 3.50. The quantitative estimate of drug-likeness (QED) is 0.397. The lowest BCUT2D eigenvalue weighted by Crippen LogP contribution is -2.49. The number of nitrogens with zero attached hydrogens (tertiary/aromatic N) is 6. The number of amides is 1. The summed E-state index contributed by atoms with van der Waals surface area (Å²) in [6.07, 6.45) is 1.83. The molecule has 8 nitrogen and oxygen atoms in total. The van der Waals surface area contributed by atoms with Crippen LogP contribution in [0.3, 0.4) is 0 Å². The van der Waals surface area contributed by atoms with E-state index in [1.54, 1.807) is 27.6 Å². The van der Waals surface area contributed by atoms with E-state index >= 15 is 0 Å². The van der Waals surface area contributed by atoms with Crippen molar-refractivity contribution in [2.24, 2.45) is 0 Å². The lowest BCUT2D eigenvalue weighted by Gasteiger charge is -2.36. The summed E-state index contributed by atoms with van der Waals surface area (Å²) in [7, 11) is 0. The number of hydrogen-bond donors (Lipinski definition) is 0. The zero-order chi connectivity index (χ0) is 24.8. The van der Waals surface area contributed by atoms with Crippen molar-refractivity contribution in [3.63, 3.8) is 0 Å². The Morgan fingerprint density at radius 2 is 1.83 bits per heavy atom. The maximum Gasteiger partial charge on any atom is 0.265 e. The van der Waals surface area contributed by atoms with Crippen LogP contribution >= 0.6 is 11.8 Å². The molecule has 36 heavy (non-hydrogen) atoms. The van der Waals surface area contributed by atoms with E-state index < -0.39 is 0 Å². The number of para-hydroxylation sites is 1. The van der Waals surface area contributed by atoms with Crippen LogP contribution in [-0.2, 0) is 4.79 Å². The minimum atomic E-state index is -0.258. The first-order valence-corrected chi connectivity index (χ1v) is 13.0. The van der Waals surface area contributed by atoms with Crippen LogP contribution in [0.5, 0.6) is 0 Å². The summed E-state index contributed by atoms with van der Waals surface area (Å²) in [5, 5.41) is 5.54. The summed E-state index contributed by atoms with van der Waals surface area (Å²) in [6, 6.07) is 14.1. The minimum absolute atomic E-state index is 0.0369. The Labute approximate surface area is 211 Å². The fourth-order valence-corrected chi connectivity index (χ4v) is 6.09. The molecule has 2 aliphatic heterocycles. The molecule has 2 aromatic carbocycles. The van der Waals surface area contributed by atoms with Crippen LogP contribution in [0.2, 0.25) is 0 Å². The summed E-state index contributed by atoms with van der Waals surface area (Å²) >= 11 is 1.51. The first kappa shape index (κ1) is 22.8. The van der Waals surface area contributed by atoms with Crippen molar-refractivity contribution in [3.8, 4) is 5.69 Å². The van der Waals surface area contributed by atoms with Gasteiger partial charge in [0.1, 0.15) is 11.2 Å². The van der Waals surface area contributed by atoms with Gasteiger partial charge in [-0.15, -0.1) is 0 Å². The second-order valence-electron chi connectivity index (χ2n) is 9.16. The van der Waals surface area contributed by atoms with Crippen LogP contribution in [0.15, 0.2) is 64.7 Å². The SMILES string of the molecule is Cc1ccccc1-n1ncc2c(=O)n3c(nc21)SCC3CC(=O)N1CCN(c2ccc(F)cc2)CC1. The first-order valence-electron chi connectivity index (χ1n) is 12.0. The highest BCUT2D eigenvalue weighted by Crippen LogP contribution is 2.34. The van der Waals surface area contributed by atoms with Crippen molar-refractivity contribution in [2.45, 2.75) is 24.5 Å². The number of rotatable bonds is 4. The molecular formula is C26H25FN6O2S. The summed E-state index contributed by atoms with van der Waals surface area (Å²) < 4.78 is 16.6. The van der Waals surface area contributed by atoms with E-state index in [9.17, 15) is 14.0 Å². The number of fused-ring (bicyclic) bond motifs is 2. The predicted molar refractivity (Wildman–Crippen MR) is 137 cm³/mol. The molecule has 6 rings (SSSR count). The molecule has 1 amide bonds. The van der Waals surface area contributed by atoms with Gasteiger partial charge in [0.2, 0.25) is 5.91 Å². The van der Waals surface area contributed by atoms with Crippen LogP contribution in [0.25, 0.3) is 16.7 Å². The highest BCUT2D eigenvalue weighted by atomic mass is 32.2. The van der Waals surface area contributed by atoms with Crippen LogP contribution in [-0.4, -0.2) is 62.1 Å². The highest BCUT2D eigenvalue weighted by Gasteiger charge is 2.32. The number of hydrogen-bond acceptors (Lipinski definition) is 6. The molecule has 2 aliphatic rings. The Hall–Kier alpha value is -3.66. The summed E-state index contributed by atoms with van der Waals surface area (Å²) in [6.45, 7) is 4.57. The third kappa shape index (κ3) is 3.95. The molecule has 10 heteroatoms. The number of thioether (sulfide) groups is 1. The summed E-state index contributed by atoms with van der Waals surface area (Å²) in [5.74, 6) is 0.412. The van der Waals surface area contributed by atoms with Crippen molar-refractivity contribution in [1.82, 2.24) is 24.2 Å². The van der Waals surface area contributed by atoms with E-state index in [-0.39, 0.29) is 29.7 Å². The molecule has 4 aromatic rings. The normalized spacial score (nSPS) is 17.6. The molecule has 0 saturated carbocycles. The van der Waals surface area contributed by atoms with E-state index in [1.165, 1.54) is 23.9 Å². The van der Waals surface area contributed by atoms with E-state index in [0.29, 0.717) is 48.1 Å². The Morgan fingerprint density at radius 1 is 1.08 bits per heavy atom. The van der Waals surface area contributed by atoms with Crippen molar-refractivity contribution < 1.29 is 9.18 Å². The fourth-order valence-electron chi connectivity index (χ4n) is 4.95. The minimum Gasteiger partial charge on any atom is -0.368 e. The van der Waals surface area contributed by atoms with E-state index in [1.807, 2.05) is 36.1 Å². The second kappa shape index (κ2) is 9.09. The van der Waals surface area contributed by atoms with Gasteiger partial charge in [-0.1, -0.05) is 30.0 Å².